The van der Waals surface area contributed by atoms with E-state index in [2.05, 4.69) is 0 Å². The van der Waals surface area contributed by atoms with Crippen LogP contribution in [0.2, 0.25) is 0 Å². The molecular weight excluding hydrogens is 226 g/mol. The second kappa shape index (κ2) is 9.84. The maximum Gasteiger partial charge on any atom is 0.121 e. The monoisotopic (exact) mass is 236 g/mol. The topological polar surface area (TPSA) is 27.7 Å². The van der Waals surface area contributed by atoms with E-state index in [0.717, 1.165) is 0 Å². The fourth-order valence-electron chi connectivity index (χ4n) is 0.585. The molecule has 0 saturated carbocycles. The fourth-order valence-corrected chi connectivity index (χ4v) is 0.942. The molecule has 6 heteroatoms. The molecule has 0 fully saturated rings. The van der Waals surface area contributed by atoms with Crippen molar-refractivity contribution in [3.05, 3.63) is 0 Å². The van der Waals surface area contributed by atoms with Crippen LogP contribution >= 0.6 is 34.8 Å². The van der Waals surface area contributed by atoms with E-state index >= 15 is 0 Å². The van der Waals surface area contributed by atoms with Crippen LogP contribution in [0, 0.1) is 0 Å². The molecular formula is C6H11Cl3O3. The Bertz CT molecular complexity index is 86.1. The van der Waals surface area contributed by atoms with Crippen molar-refractivity contribution in [2.45, 2.75) is 6.10 Å². The van der Waals surface area contributed by atoms with Gasteiger partial charge in [-0.25, -0.2) is 0 Å². The van der Waals surface area contributed by atoms with E-state index in [0.29, 0.717) is 13.2 Å². The highest BCUT2D eigenvalue weighted by Gasteiger charge is 2.08. The van der Waals surface area contributed by atoms with Gasteiger partial charge in [0.05, 0.1) is 13.2 Å². The number of rotatable bonds is 8. The number of hydrogen-bond donors (Lipinski definition) is 0. The van der Waals surface area contributed by atoms with Crippen LogP contribution in [0.4, 0.5) is 0 Å². The Kier molecular flexibility index (Phi) is 10.4. The van der Waals surface area contributed by atoms with Gasteiger partial charge in [-0.15, -0.1) is 0 Å². The zero-order valence-electron chi connectivity index (χ0n) is 6.47. The van der Waals surface area contributed by atoms with E-state index in [4.69, 9.17) is 49.0 Å². The van der Waals surface area contributed by atoms with E-state index in [-0.39, 0.29) is 24.3 Å². The van der Waals surface area contributed by atoms with Crippen molar-refractivity contribution < 1.29 is 14.2 Å². The van der Waals surface area contributed by atoms with Crippen LogP contribution < -0.4 is 0 Å². The molecule has 12 heavy (non-hydrogen) atoms. The zero-order valence-corrected chi connectivity index (χ0v) is 8.74. The summed E-state index contributed by atoms with van der Waals surface area (Å²) < 4.78 is 14.9. The van der Waals surface area contributed by atoms with Crippen molar-refractivity contribution in [3.8, 4) is 0 Å². The minimum Gasteiger partial charge on any atom is -0.363 e. The third-order valence-electron chi connectivity index (χ3n) is 1.06. The zero-order chi connectivity index (χ0) is 9.23. The molecule has 0 aliphatic heterocycles. The van der Waals surface area contributed by atoms with E-state index in [1.54, 1.807) is 0 Å². The number of halogens is 3. The van der Waals surface area contributed by atoms with Crippen molar-refractivity contribution >= 4 is 34.8 Å². The van der Waals surface area contributed by atoms with Crippen LogP contribution in [-0.4, -0.2) is 37.5 Å². The lowest BCUT2D eigenvalue weighted by Crippen LogP contribution is -2.25. The van der Waals surface area contributed by atoms with Gasteiger partial charge in [-0.3, -0.25) is 0 Å². The SMILES string of the molecule is ClCOCC(COCCl)OCCl. The first-order valence-electron chi connectivity index (χ1n) is 3.30. The number of hydrogen-bond acceptors (Lipinski definition) is 3. The molecule has 0 rings (SSSR count). The van der Waals surface area contributed by atoms with Gasteiger partial charge >= 0.3 is 0 Å². The lowest BCUT2D eigenvalue weighted by atomic mass is 10.4. The molecule has 0 aromatic carbocycles. The maximum absolute atomic E-state index is 5.35. The molecule has 0 aromatic heterocycles. The normalized spacial score (nSPS) is 11.0. The van der Waals surface area contributed by atoms with Crippen LogP contribution in [-0.2, 0) is 14.2 Å². The van der Waals surface area contributed by atoms with Crippen LogP contribution in [0.1, 0.15) is 0 Å². The summed E-state index contributed by atoms with van der Waals surface area (Å²) >= 11 is 16.0. The summed E-state index contributed by atoms with van der Waals surface area (Å²) in [6.07, 6.45) is -0.208. The van der Waals surface area contributed by atoms with E-state index in [1.807, 2.05) is 0 Å². The molecule has 0 unspecified atom stereocenters. The molecule has 0 spiro atoms. The van der Waals surface area contributed by atoms with Gasteiger partial charge in [0.1, 0.15) is 24.3 Å². The third-order valence-corrected chi connectivity index (χ3v) is 1.50. The highest BCUT2D eigenvalue weighted by Crippen LogP contribution is 1.98. The van der Waals surface area contributed by atoms with Crippen LogP contribution in [0.25, 0.3) is 0 Å². The molecule has 3 nitrogen and oxygen atoms in total. The fraction of sp³-hybridized carbons (Fsp3) is 1.00. The average molecular weight is 238 g/mol. The number of alkyl halides is 3. The standard InChI is InChI=1S/C6H11Cl3O3/c7-3-10-1-6(12-5-9)2-11-4-8/h6H,1-5H2. The molecule has 0 amide bonds. The molecule has 0 aromatic rings. The third kappa shape index (κ3) is 7.40. The van der Waals surface area contributed by atoms with Gasteiger partial charge in [-0.05, 0) is 0 Å². The highest BCUT2D eigenvalue weighted by atomic mass is 35.5. The Balaban J connectivity index is 3.40. The molecule has 0 bridgehead atoms. The molecule has 0 N–H and O–H groups in total. The largest absolute Gasteiger partial charge is 0.363 e. The molecule has 0 saturated heterocycles. The molecule has 0 atom stereocenters. The summed E-state index contributed by atoms with van der Waals surface area (Å²) in [5.74, 6) is 0. The van der Waals surface area contributed by atoms with Gasteiger partial charge < -0.3 is 14.2 Å². The van der Waals surface area contributed by atoms with Gasteiger partial charge in [0.2, 0.25) is 0 Å². The van der Waals surface area contributed by atoms with Gasteiger partial charge in [-0.2, -0.15) is 0 Å². The Labute approximate surface area is 86.8 Å². The van der Waals surface area contributed by atoms with E-state index < -0.39 is 0 Å². The summed E-state index contributed by atoms with van der Waals surface area (Å²) in [6.45, 7) is 0.709. The molecule has 0 heterocycles. The smallest absolute Gasteiger partial charge is 0.121 e. The predicted octanol–water partition coefficient (Wildman–Crippen LogP) is 1.99. The second-order valence-electron chi connectivity index (χ2n) is 1.86. The molecule has 0 aliphatic rings. The number of ether oxygens (including phenoxy) is 3. The Morgan fingerprint density at radius 1 is 0.833 bits per heavy atom. The van der Waals surface area contributed by atoms with Crippen molar-refractivity contribution in [2.24, 2.45) is 0 Å². The van der Waals surface area contributed by atoms with Crippen molar-refractivity contribution in [1.29, 1.82) is 0 Å². The molecule has 0 aliphatic carbocycles. The first-order valence-corrected chi connectivity index (χ1v) is 4.90. The first-order chi connectivity index (χ1) is 5.85. The van der Waals surface area contributed by atoms with E-state index in [1.165, 1.54) is 0 Å². The minimum atomic E-state index is -0.208. The van der Waals surface area contributed by atoms with Crippen molar-refractivity contribution in [1.82, 2.24) is 0 Å². The van der Waals surface area contributed by atoms with Crippen LogP contribution in [0.3, 0.4) is 0 Å². The van der Waals surface area contributed by atoms with Gasteiger partial charge in [0.25, 0.3) is 0 Å². The summed E-state index contributed by atoms with van der Waals surface area (Å²) in [4.78, 5) is 0. The summed E-state index contributed by atoms with van der Waals surface area (Å²) in [5.41, 5.74) is 0. The van der Waals surface area contributed by atoms with Crippen LogP contribution in [0.5, 0.6) is 0 Å². The first kappa shape index (κ1) is 12.8. The van der Waals surface area contributed by atoms with Crippen LogP contribution in [0.15, 0.2) is 0 Å². The quantitative estimate of drug-likeness (QED) is 0.604. The van der Waals surface area contributed by atoms with E-state index in [9.17, 15) is 0 Å². The maximum atomic E-state index is 5.35. The van der Waals surface area contributed by atoms with Gasteiger partial charge in [0, 0.05) is 0 Å². The van der Waals surface area contributed by atoms with Gasteiger partial charge in [0.15, 0.2) is 0 Å². The lowest BCUT2D eigenvalue weighted by molar-refractivity contribution is -0.0317. The lowest BCUT2D eigenvalue weighted by Gasteiger charge is -2.14. The van der Waals surface area contributed by atoms with Gasteiger partial charge in [-0.1, -0.05) is 34.8 Å². The summed E-state index contributed by atoms with van der Waals surface area (Å²) in [5, 5.41) is 0. The highest BCUT2D eigenvalue weighted by molar-refractivity contribution is 6.17. The minimum absolute atomic E-state index is 0.0992. The summed E-state index contributed by atoms with van der Waals surface area (Å²) in [7, 11) is 0. The summed E-state index contributed by atoms with van der Waals surface area (Å²) in [6, 6.07) is 0.355. The molecule has 74 valence electrons. The Hall–Kier alpha value is 0.750. The second-order valence-corrected chi connectivity index (χ2v) is 2.51. The average Bonchev–Trinajstić information content (AvgIpc) is 2.10. The molecule has 0 radical (unpaired) electrons. The Morgan fingerprint density at radius 3 is 1.67 bits per heavy atom. The van der Waals surface area contributed by atoms with Crippen molar-refractivity contribution in [3.63, 3.8) is 0 Å². The van der Waals surface area contributed by atoms with Crippen molar-refractivity contribution in [2.75, 3.05) is 31.4 Å². The predicted molar refractivity (Wildman–Crippen MR) is 48.9 cm³/mol. The Morgan fingerprint density at radius 2 is 1.33 bits per heavy atom.